The van der Waals surface area contributed by atoms with Crippen molar-refractivity contribution >= 4 is 23.2 Å². The van der Waals surface area contributed by atoms with E-state index in [2.05, 4.69) is 39.7 Å². The van der Waals surface area contributed by atoms with Crippen LogP contribution in [-0.2, 0) is 6.42 Å². The summed E-state index contributed by atoms with van der Waals surface area (Å²) in [7, 11) is 0. The maximum atomic E-state index is 12.6. The summed E-state index contributed by atoms with van der Waals surface area (Å²) in [5.74, 6) is 0.0177. The van der Waals surface area contributed by atoms with Gasteiger partial charge < -0.3 is 10.6 Å². The van der Waals surface area contributed by atoms with Gasteiger partial charge in [-0.05, 0) is 55.7 Å². The number of nitriles is 1. The number of nitrogens with zero attached hydrogens (tertiary/aromatic N) is 3. The molecule has 0 bridgehead atoms. The van der Waals surface area contributed by atoms with Gasteiger partial charge in [0, 0.05) is 17.1 Å². The second-order valence-electron chi connectivity index (χ2n) is 6.45. The molecular formula is C22H21N5O. The fourth-order valence-corrected chi connectivity index (χ4v) is 2.92. The van der Waals surface area contributed by atoms with E-state index < -0.39 is 0 Å². The molecule has 1 amide bonds. The maximum Gasteiger partial charge on any atom is 0.274 e. The van der Waals surface area contributed by atoms with Crippen molar-refractivity contribution in [3.63, 3.8) is 0 Å². The van der Waals surface area contributed by atoms with Crippen LogP contribution in [0, 0.1) is 25.2 Å². The highest BCUT2D eigenvalue weighted by atomic mass is 16.1. The molecule has 0 atom stereocenters. The SMILES string of the molecule is CCc1cccc(C)c1Nc1nc(C)cc(C(=O)Nc2cccc(C#N)c2)n1. The molecule has 0 saturated carbocycles. The van der Waals surface area contributed by atoms with Crippen molar-refractivity contribution in [3.8, 4) is 6.07 Å². The van der Waals surface area contributed by atoms with Crippen LogP contribution in [-0.4, -0.2) is 15.9 Å². The fraction of sp³-hybridized carbons (Fsp3) is 0.182. The molecule has 0 unspecified atom stereocenters. The van der Waals surface area contributed by atoms with Crippen molar-refractivity contribution in [1.82, 2.24) is 9.97 Å². The number of benzene rings is 2. The van der Waals surface area contributed by atoms with Crippen LogP contribution in [0.25, 0.3) is 0 Å². The minimum Gasteiger partial charge on any atom is -0.324 e. The summed E-state index contributed by atoms with van der Waals surface area (Å²) in [5.41, 5.74) is 5.16. The molecule has 3 aromatic rings. The zero-order valence-electron chi connectivity index (χ0n) is 16.1. The van der Waals surface area contributed by atoms with Crippen molar-refractivity contribution in [2.24, 2.45) is 0 Å². The number of rotatable bonds is 5. The molecule has 0 spiro atoms. The molecular weight excluding hydrogens is 350 g/mol. The van der Waals surface area contributed by atoms with Crippen LogP contribution in [0.5, 0.6) is 0 Å². The Labute approximate surface area is 164 Å². The fourth-order valence-electron chi connectivity index (χ4n) is 2.92. The summed E-state index contributed by atoms with van der Waals surface area (Å²) in [6.45, 7) is 5.93. The van der Waals surface area contributed by atoms with E-state index in [9.17, 15) is 4.79 Å². The van der Waals surface area contributed by atoms with E-state index in [1.54, 1.807) is 30.3 Å². The lowest BCUT2D eigenvalue weighted by atomic mass is 10.1. The van der Waals surface area contributed by atoms with E-state index in [1.165, 1.54) is 0 Å². The Balaban J connectivity index is 1.87. The number of aryl methyl sites for hydroxylation is 3. The third kappa shape index (κ3) is 4.33. The van der Waals surface area contributed by atoms with Crippen LogP contribution >= 0.6 is 0 Å². The Morgan fingerprint density at radius 2 is 1.89 bits per heavy atom. The lowest BCUT2D eigenvalue weighted by molar-refractivity contribution is 0.102. The number of amides is 1. The molecule has 140 valence electrons. The third-order valence-corrected chi connectivity index (χ3v) is 4.31. The summed E-state index contributed by atoms with van der Waals surface area (Å²) in [5, 5.41) is 15.0. The second-order valence-corrected chi connectivity index (χ2v) is 6.45. The number of nitrogens with one attached hydrogen (secondary N) is 2. The molecule has 6 nitrogen and oxygen atoms in total. The van der Waals surface area contributed by atoms with Gasteiger partial charge >= 0.3 is 0 Å². The Kier molecular flexibility index (Phi) is 5.66. The molecule has 1 aromatic heterocycles. The van der Waals surface area contributed by atoms with Crippen LogP contribution in [0.2, 0.25) is 0 Å². The average Bonchev–Trinajstić information content (AvgIpc) is 2.69. The molecule has 0 fully saturated rings. The van der Waals surface area contributed by atoms with Crippen LogP contribution in [0.3, 0.4) is 0 Å². The highest BCUT2D eigenvalue weighted by Gasteiger charge is 2.13. The highest BCUT2D eigenvalue weighted by Crippen LogP contribution is 2.24. The molecule has 0 aliphatic rings. The van der Waals surface area contributed by atoms with E-state index in [0.29, 0.717) is 22.9 Å². The summed E-state index contributed by atoms with van der Waals surface area (Å²) >= 11 is 0. The van der Waals surface area contributed by atoms with E-state index in [-0.39, 0.29) is 11.6 Å². The normalized spacial score (nSPS) is 10.2. The van der Waals surface area contributed by atoms with E-state index >= 15 is 0 Å². The quantitative estimate of drug-likeness (QED) is 0.688. The standard InChI is InChI=1S/C22H21N5O/c1-4-17-9-5-7-14(2)20(17)27-22-24-15(3)11-19(26-22)21(28)25-18-10-6-8-16(12-18)13-23/h5-12H,4H2,1-3H3,(H,25,28)(H,24,26,27). The molecule has 0 aliphatic heterocycles. The van der Waals surface area contributed by atoms with E-state index in [4.69, 9.17) is 5.26 Å². The Hall–Kier alpha value is -3.72. The van der Waals surface area contributed by atoms with Crippen molar-refractivity contribution in [2.75, 3.05) is 10.6 Å². The van der Waals surface area contributed by atoms with Gasteiger partial charge in [-0.3, -0.25) is 4.79 Å². The van der Waals surface area contributed by atoms with Crippen molar-refractivity contribution in [1.29, 1.82) is 5.26 Å². The Morgan fingerprint density at radius 1 is 1.11 bits per heavy atom. The van der Waals surface area contributed by atoms with Gasteiger partial charge in [-0.15, -0.1) is 0 Å². The van der Waals surface area contributed by atoms with Gasteiger partial charge in [0.1, 0.15) is 5.69 Å². The monoisotopic (exact) mass is 371 g/mol. The maximum absolute atomic E-state index is 12.6. The van der Waals surface area contributed by atoms with Gasteiger partial charge in [-0.2, -0.15) is 5.26 Å². The first-order valence-corrected chi connectivity index (χ1v) is 9.03. The number of aromatic nitrogens is 2. The van der Waals surface area contributed by atoms with Crippen LogP contribution < -0.4 is 10.6 Å². The number of anilines is 3. The van der Waals surface area contributed by atoms with Gasteiger partial charge in [0.05, 0.1) is 11.6 Å². The van der Waals surface area contributed by atoms with Gasteiger partial charge in [-0.1, -0.05) is 31.2 Å². The average molecular weight is 371 g/mol. The summed E-state index contributed by atoms with van der Waals surface area (Å²) in [6, 6.07) is 16.5. The molecule has 2 N–H and O–H groups in total. The summed E-state index contributed by atoms with van der Waals surface area (Å²) < 4.78 is 0. The topological polar surface area (TPSA) is 90.7 Å². The second kappa shape index (κ2) is 8.31. The van der Waals surface area contributed by atoms with Crippen molar-refractivity contribution < 1.29 is 4.79 Å². The van der Waals surface area contributed by atoms with Crippen molar-refractivity contribution in [2.45, 2.75) is 27.2 Å². The van der Waals surface area contributed by atoms with Gasteiger partial charge in [0.25, 0.3) is 5.91 Å². The first-order chi connectivity index (χ1) is 13.5. The van der Waals surface area contributed by atoms with E-state index in [0.717, 1.165) is 23.2 Å². The minimum absolute atomic E-state index is 0.254. The molecule has 3 rings (SSSR count). The smallest absolute Gasteiger partial charge is 0.274 e. The van der Waals surface area contributed by atoms with Crippen LogP contribution in [0.15, 0.2) is 48.5 Å². The first-order valence-electron chi connectivity index (χ1n) is 9.03. The van der Waals surface area contributed by atoms with Gasteiger partial charge in [0.15, 0.2) is 0 Å². The Morgan fingerprint density at radius 3 is 2.64 bits per heavy atom. The molecule has 28 heavy (non-hydrogen) atoms. The van der Waals surface area contributed by atoms with Gasteiger partial charge in [0.2, 0.25) is 5.95 Å². The molecule has 6 heteroatoms. The zero-order valence-corrected chi connectivity index (χ0v) is 16.1. The molecule has 0 radical (unpaired) electrons. The van der Waals surface area contributed by atoms with Crippen molar-refractivity contribution in [3.05, 3.63) is 76.6 Å². The highest BCUT2D eigenvalue weighted by molar-refractivity contribution is 6.03. The van der Waals surface area contributed by atoms with Crippen LogP contribution in [0.4, 0.5) is 17.3 Å². The predicted molar refractivity (Wildman–Crippen MR) is 110 cm³/mol. The van der Waals surface area contributed by atoms with E-state index in [1.807, 2.05) is 26.0 Å². The predicted octanol–water partition coefficient (Wildman–Crippen LogP) is 4.52. The molecule has 0 aliphatic carbocycles. The number of carbonyl (C=O) groups excluding carboxylic acids is 1. The number of hydrogen-bond acceptors (Lipinski definition) is 5. The zero-order chi connectivity index (χ0) is 20.1. The summed E-state index contributed by atoms with van der Waals surface area (Å²) in [6.07, 6.45) is 0.873. The molecule has 2 aromatic carbocycles. The summed E-state index contributed by atoms with van der Waals surface area (Å²) in [4.78, 5) is 21.5. The third-order valence-electron chi connectivity index (χ3n) is 4.31. The molecule has 1 heterocycles. The lowest BCUT2D eigenvalue weighted by Crippen LogP contribution is -2.16. The molecule has 0 saturated heterocycles. The largest absolute Gasteiger partial charge is 0.324 e. The number of hydrogen-bond donors (Lipinski definition) is 2. The van der Waals surface area contributed by atoms with Gasteiger partial charge in [-0.25, -0.2) is 9.97 Å². The Bertz CT molecular complexity index is 1070. The number of carbonyl (C=O) groups is 1. The first kappa shape index (κ1) is 19.1. The van der Waals surface area contributed by atoms with Crippen LogP contribution in [0.1, 0.15) is 39.8 Å². The lowest BCUT2D eigenvalue weighted by Gasteiger charge is -2.14. The minimum atomic E-state index is -0.357. The number of para-hydroxylation sites is 1.